The summed E-state index contributed by atoms with van der Waals surface area (Å²) in [5.74, 6) is -0.442. The van der Waals surface area contributed by atoms with Gasteiger partial charge >= 0.3 is 6.09 Å². The third-order valence-corrected chi connectivity index (χ3v) is 5.80. The highest BCUT2D eigenvalue weighted by atomic mass is 16.7. The molecule has 7 heteroatoms. The molecule has 1 N–H and O–H groups in total. The molecule has 1 aliphatic heterocycles. The fraction of sp³-hybridized carbons (Fsp3) is 0.269. The van der Waals surface area contributed by atoms with Crippen LogP contribution in [0.4, 0.5) is 10.5 Å². The molecule has 0 atom stereocenters. The van der Waals surface area contributed by atoms with Gasteiger partial charge in [0, 0.05) is 43.3 Å². The maximum Gasteiger partial charge on any atom is 0.434 e. The zero-order valence-electron chi connectivity index (χ0n) is 18.7. The summed E-state index contributed by atoms with van der Waals surface area (Å²) >= 11 is 0. The summed E-state index contributed by atoms with van der Waals surface area (Å²) in [6.07, 6.45) is 5.06. The first-order valence-electron chi connectivity index (χ1n) is 11.2. The molecule has 3 aromatic rings. The topological polar surface area (TPSA) is 74.8 Å². The van der Waals surface area contributed by atoms with Gasteiger partial charge in [-0.3, -0.25) is 14.7 Å². The summed E-state index contributed by atoms with van der Waals surface area (Å²) in [5, 5.41) is 0. The number of aromatic nitrogens is 1. The highest BCUT2D eigenvalue weighted by Crippen LogP contribution is 2.26. The molecule has 1 fully saturated rings. The van der Waals surface area contributed by atoms with Crippen molar-refractivity contribution in [3.8, 4) is 0 Å². The fourth-order valence-electron chi connectivity index (χ4n) is 4.08. The normalized spacial score (nSPS) is 12.9. The summed E-state index contributed by atoms with van der Waals surface area (Å²) in [6.45, 7) is 4.55. The van der Waals surface area contributed by atoms with E-state index in [2.05, 4.69) is 15.4 Å². The Balaban J connectivity index is 1.44. The molecular formula is C26H28N4O3. The Hall–Kier alpha value is -3.87. The van der Waals surface area contributed by atoms with Crippen LogP contribution in [-0.4, -0.2) is 35.0 Å². The van der Waals surface area contributed by atoms with Crippen molar-refractivity contribution in [1.29, 1.82) is 0 Å². The van der Waals surface area contributed by atoms with Crippen LogP contribution in [-0.2, 0) is 17.9 Å². The van der Waals surface area contributed by atoms with E-state index < -0.39 is 12.0 Å². The summed E-state index contributed by atoms with van der Waals surface area (Å²) in [4.78, 5) is 38.9. The number of nitrogens with zero attached hydrogens (tertiary/aromatic N) is 3. The van der Waals surface area contributed by atoms with E-state index in [4.69, 9.17) is 4.84 Å². The minimum atomic E-state index is -0.635. The number of amides is 2. The third kappa shape index (κ3) is 5.68. The lowest BCUT2D eigenvalue weighted by molar-refractivity contribution is 0.0396. The van der Waals surface area contributed by atoms with Crippen LogP contribution >= 0.6 is 0 Å². The Labute approximate surface area is 194 Å². The first-order valence-corrected chi connectivity index (χ1v) is 11.2. The van der Waals surface area contributed by atoms with E-state index in [1.807, 2.05) is 61.5 Å². The lowest BCUT2D eigenvalue weighted by Crippen LogP contribution is -2.37. The van der Waals surface area contributed by atoms with E-state index in [1.54, 1.807) is 18.5 Å². The Kier molecular flexibility index (Phi) is 7.19. The van der Waals surface area contributed by atoms with Crippen LogP contribution in [0.3, 0.4) is 0 Å². The van der Waals surface area contributed by atoms with Crippen molar-refractivity contribution in [1.82, 2.24) is 15.4 Å². The Morgan fingerprint density at radius 1 is 0.970 bits per heavy atom. The average Bonchev–Trinajstić information content (AvgIpc) is 3.38. The molecule has 0 unspecified atom stereocenters. The van der Waals surface area contributed by atoms with Crippen LogP contribution in [0.15, 0.2) is 73.1 Å². The number of hydrogen-bond acceptors (Lipinski definition) is 5. The Morgan fingerprint density at radius 3 is 2.42 bits per heavy atom. The maximum absolute atomic E-state index is 12.9. The number of pyridine rings is 1. The molecule has 0 aliphatic carbocycles. The van der Waals surface area contributed by atoms with Crippen molar-refractivity contribution < 1.29 is 14.4 Å². The second-order valence-corrected chi connectivity index (χ2v) is 8.15. The molecule has 0 radical (unpaired) electrons. The van der Waals surface area contributed by atoms with Crippen molar-refractivity contribution in [3.63, 3.8) is 0 Å². The van der Waals surface area contributed by atoms with Crippen molar-refractivity contribution >= 4 is 17.7 Å². The second kappa shape index (κ2) is 10.6. The number of rotatable bonds is 6. The molecule has 170 valence electrons. The molecular weight excluding hydrogens is 416 g/mol. The van der Waals surface area contributed by atoms with Gasteiger partial charge in [-0.15, -0.1) is 0 Å². The molecule has 33 heavy (non-hydrogen) atoms. The van der Waals surface area contributed by atoms with Gasteiger partial charge < -0.3 is 9.74 Å². The summed E-state index contributed by atoms with van der Waals surface area (Å²) in [5.41, 5.74) is 6.59. The molecule has 2 aromatic carbocycles. The number of anilines is 1. The SMILES string of the molecule is Cc1c(C(=O)NOC(=O)N(Cc2ccccc2)Cc2cccnc2)cccc1N1CCCC1. The summed E-state index contributed by atoms with van der Waals surface area (Å²) in [7, 11) is 0. The van der Waals surface area contributed by atoms with Crippen LogP contribution < -0.4 is 10.4 Å². The standard InChI is InChI=1S/C26H28N4O3/c1-20-23(12-7-13-24(20)29-15-5-6-16-29)25(31)28-33-26(32)30(18-21-9-3-2-4-10-21)19-22-11-8-14-27-17-22/h2-4,7-14,17H,5-6,15-16,18-19H2,1H3,(H,28,31). The predicted octanol–water partition coefficient (Wildman–Crippen LogP) is 4.47. The fourth-order valence-corrected chi connectivity index (χ4v) is 4.08. The molecule has 1 aromatic heterocycles. The molecule has 4 rings (SSSR count). The number of benzene rings is 2. The number of hydrogen-bond donors (Lipinski definition) is 1. The molecule has 1 saturated heterocycles. The monoisotopic (exact) mass is 444 g/mol. The van der Waals surface area contributed by atoms with E-state index >= 15 is 0 Å². The minimum absolute atomic E-state index is 0.306. The van der Waals surface area contributed by atoms with Gasteiger partial charge in [0.05, 0.1) is 6.54 Å². The smallest absolute Gasteiger partial charge is 0.371 e. The lowest BCUT2D eigenvalue weighted by Gasteiger charge is -2.23. The predicted molar refractivity (Wildman–Crippen MR) is 126 cm³/mol. The highest BCUT2D eigenvalue weighted by Gasteiger charge is 2.21. The number of nitrogens with one attached hydrogen (secondary N) is 1. The van der Waals surface area contributed by atoms with E-state index in [0.717, 1.165) is 48.3 Å². The molecule has 0 saturated carbocycles. The van der Waals surface area contributed by atoms with Crippen molar-refractivity contribution in [2.75, 3.05) is 18.0 Å². The van der Waals surface area contributed by atoms with E-state index in [9.17, 15) is 9.59 Å². The Morgan fingerprint density at radius 2 is 1.70 bits per heavy atom. The van der Waals surface area contributed by atoms with E-state index in [0.29, 0.717) is 18.7 Å². The van der Waals surface area contributed by atoms with Gasteiger partial charge in [0.15, 0.2) is 0 Å². The summed E-state index contributed by atoms with van der Waals surface area (Å²) < 4.78 is 0. The van der Waals surface area contributed by atoms with Crippen molar-refractivity contribution in [2.24, 2.45) is 0 Å². The van der Waals surface area contributed by atoms with Gasteiger partial charge in [-0.1, -0.05) is 42.5 Å². The quantitative estimate of drug-likeness (QED) is 0.568. The van der Waals surface area contributed by atoms with Crippen molar-refractivity contribution in [2.45, 2.75) is 32.9 Å². The highest BCUT2D eigenvalue weighted by molar-refractivity contribution is 5.97. The van der Waals surface area contributed by atoms with Gasteiger partial charge in [-0.2, -0.15) is 5.48 Å². The molecule has 0 bridgehead atoms. The molecule has 0 spiro atoms. The van der Waals surface area contributed by atoms with Gasteiger partial charge in [0.25, 0.3) is 5.91 Å². The van der Waals surface area contributed by atoms with E-state index in [1.165, 1.54) is 4.90 Å². The Bertz CT molecular complexity index is 1040. The maximum atomic E-state index is 12.9. The van der Waals surface area contributed by atoms with E-state index in [-0.39, 0.29) is 0 Å². The van der Waals surface area contributed by atoms with Crippen LogP contribution in [0.1, 0.15) is 39.9 Å². The van der Waals surface area contributed by atoms with Crippen molar-refractivity contribution in [3.05, 3.63) is 95.3 Å². The van der Waals surface area contributed by atoms with Gasteiger partial charge in [0.1, 0.15) is 0 Å². The molecule has 2 amide bonds. The first-order chi connectivity index (χ1) is 16.1. The van der Waals surface area contributed by atoms with Crippen LogP contribution in [0.2, 0.25) is 0 Å². The average molecular weight is 445 g/mol. The largest absolute Gasteiger partial charge is 0.434 e. The van der Waals surface area contributed by atoms with Gasteiger partial charge in [0.2, 0.25) is 0 Å². The molecule has 1 aliphatic rings. The lowest BCUT2D eigenvalue weighted by atomic mass is 10.1. The molecule has 7 nitrogen and oxygen atoms in total. The third-order valence-electron chi connectivity index (χ3n) is 5.80. The number of carbonyl (C=O) groups is 2. The van der Waals surface area contributed by atoms with Crippen LogP contribution in [0, 0.1) is 6.92 Å². The van der Waals surface area contributed by atoms with Crippen LogP contribution in [0.5, 0.6) is 0 Å². The number of hydroxylamine groups is 1. The van der Waals surface area contributed by atoms with Gasteiger partial charge in [-0.05, 0) is 54.7 Å². The second-order valence-electron chi connectivity index (χ2n) is 8.15. The van der Waals surface area contributed by atoms with Crippen LogP contribution in [0.25, 0.3) is 0 Å². The summed E-state index contributed by atoms with van der Waals surface area (Å²) in [6, 6.07) is 19.0. The number of carbonyl (C=O) groups excluding carboxylic acids is 2. The zero-order valence-corrected chi connectivity index (χ0v) is 18.7. The van der Waals surface area contributed by atoms with Gasteiger partial charge in [-0.25, -0.2) is 4.79 Å². The minimum Gasteiger partial charge on any atom is -0.371 e. The molecule has 2 heterocycles. The zero-order chi connectivity index (χ0) is 23.0. The first kappa shape index (κ1) is 22.3.